The summed E-state index contributed by atoms with van der Waals surface area (Å²) in [7, 11) is 0. The van der Waals surface area contributed by atoms with Crippen molar-refractivity contribution in [3.8, 4) is 11.3 Å². The van der Waals surface area contributed by atoms with Crippen molar-refractivity contribution in [3.05, 3.63) is 83.1 Å². The van der Waals surface area contributed by atoms with E-state index in [1.807, 2.05) is 54.6 Å². The molecule has 1 atom stereocenters. The number of carboxylic acid groups (broad SMARTS) is 1. The van der Waals surface area contributed by atoms with E-state index in [1.165, 1.54) is 6.39 Å². The van der Waals surface area contributed by atoms with Gasteiger partial charge in [-0.2, -0.15) is 0 Å². The molecule has 5 nitrogen and oxygen atoms in total. The van der Waals surface area contributed by atoms with Crippen molar-refractivity contribution >= 4 is 22.0 Å². The third kappa shape index (κ3) is 3.83. The van der Waals surface area contributed by atoms with Crippen LogP contribution >= 0.6 is 15.9 Å². The number of aromatic nitrogens is 1. The molecule has 0 aliphatic heterocycles. The normalized spacial score (nSPS) is 11.9. The molecule has 0 aliphatic rings. The van der Waals surface area contributed by atoms with Crippen molar-refractivity contribution in [1.29, 1.82) is 0 Å². The van der Waals surface area contributed by atoms with E-state index in [4.69, 9.17) is 9.52 Å². The molecule has 3 rings (SSSR count). The Hall–Kier alpha value is -2.60. The summed E-state index contributed by atoms with van der Waals surface area (Å²) in [6, 6.07) is 16.4. The van der Waals surface area contributed by atoms with Crippen LogP contribution in [-0.4, -0.2) is 16.2 Å². The van der Waals surface area contributed by atoms with Crippen LogP contribution in [-0.2, 0) is 0 Å². The topological polar surface area (TPSA) is 75.4 Å². The van der Waals surface area contributed by atoms with Gasteiger partial charge in [-0.25, -0.2) is 9.78 Å². The Morgan fingerprint density at radius 1 is 1.17 bits per heavy atom. The minimum Gasteiger partial charge on any atom is -0.465 e. The largest absolute Gasteiger partial charge is 0.465 e. The fourth-order valence-corrected chi connectivity index (χ4v) is 2.64. The van der Waals surface area contributed by atoms with E-state index in [0.717, 1.165) is 15.6 Å². The number of rotatable bonds is 5. The van der Waals surface area contributed by atoms with Crippen LogP contribution < -0.4 is 5.32 Å². The second-order valence-corrected chi connectivity index (χ2v) is 5.99. The molecule has 0 fully saturated rings. The zero-order valence-corrected chi connectivity index (χ0v) is 14.1. The van der Waals surface area contributed by atoms with Gasteiger partial charge >= 0.3 is 6.09 Å². The molecule has 1 amide bonds. The molecule has 0 unspecified atom stereocenters. The number of oxazole rings is 1. The summed E-state index contributed by atoms with van der Waals surface area (Å²) in [5, 5.41) is 11.6. The monoisotopic (exact) mass is 385 g/mol. The summed E-state index contributed by atoms with van der Waals surface area (Å²) in [4.78, 5) is 15.4. The number of benzene rings is 2. The molecule has 0 spiro atoms. The van der Waals surface area contributed by atoms with Crippen LogP contribution in [0.4, 0.5) is 4.79 Å². The number of nitrogens with one attached hydrogen (secondary N) is 1. The highest BCUT2D eigenvalue weighted by atomic mass is 79.9. The number of hydrogen-bond donors (Lipinski definition) is 2. The van der Waals surface area contributed by atoms with E-state index in [-0.39, 0.29) is 0 Å². The van der Waals surface area contributed by atoms with Crippen molar-refractivity contribution < 1.29 is 14.3 Å². The lowest BCUT2D eigenvalue weighted by Gasteiger charge is -2.16. The predicted octanol–water partition coefficient (Wildman–Crippen LogP) is 4.67. The zero-order chi connectivity index (χ0) is 16.9. The Balaban J connectivity index is 1.95. The van der Waals surface area contributed by atoms with Gasteiger partial charge in [0.2, 0.25) is 0 Å². The van der Waals surface area contributed by atoms with Crippen molar-refractivity contribution in [1.82, 2.24) is 10.3 Å². The fraction of sp³-hybridized carbons (Fsp3) is 0.0556. The molecule has 6 heteroatoms. The summed E-state index contributed by atoms with van der Waals surface area (Å²) >= 11 is 3.39. The highest BCUT2D eigenvalue weighted by Crippen LogP contribution is 2.31. The first kappa shape index (κ1) is 16.3. The van der Waals surface area contributed by atoms with Crippen molar-refractivity contribution in [2.75, 3.05) is 0 Å². The minimum absolute atomic E-state index is 0.517. The van der Waals surface area contributed by atoms with Gasteiger partial charge in [0.05, 0.1) is 6.04 Å². The van der Waals surface area contributed by atoms with Gasteiger partial charge in [0, 0.05) is 16.5 Å². The number of nitrogens with zero attached hydrogens (tertiary/aromatic N) is 1. The van der Waals surface area contributed by atoms with Crippen molar-refractivity contribution in [3.63, 3.8) is 0 Å². The molecule has 1 radical (unpaired) electrons. The second kappa shape index (κ2) is 7.31. The molecular weight excluding hydrogens is 372 g/mol. The zero-order valence-electron chi connectivity index (χ0n) is 12.5. The molecular formula is C18H14BrN2O3. The van der Waals surface area contributed by atoms with E-state index < -0.39 is 12.1 Å². The fourth-order valence-electron chi connectivity index (χ4n) is 2.37. The number of halogens is 1. The van der Waals surface area contributed by atoms with Crippen LogP contribution in [0.3, 0.4) is 0 Å². The SMILES string of the molecule is O=C(O)N[C@H]([CH]c1ccccc1)c1ncoc1-c1ccc(Br)cc1. The summed E-state index contributed by atoms with van der Waals surface area (Å²) in [5.74, 6) is 0.536. The number of amides is 1. The highest BCUT2D eigenvalue weighted by Gasteiger charge is 2.23. The molecule has 1 heterocycles. The van der Waals surface area contributed by atoms with Crippen molar-refractivity contribution in [2.45, 2.75) is 6.04 Å². The van der Waals surface area contributed by atoms with Crippen LogP contribution in [0, 0.1) is 6.42 Å². The molecule has 3 aromatic rings. The van der Waals surface area contributed by atoms with Crippen LogP contribution in [0.2, 0.25) is 0 Å². The molecule has 121 valence electrons. The molecule has 2 N–H and O–H groups in total. The Bertz CT molecular complexity index is 816. The summed E-state index contributed by atoms with van der Waals surface area (Å²) in [6.07, 6.45) is 1.99. The molecule has 0 aliphatic carbocycles. The van der Waals surface area contributed by atoms with Gasteiger partial charge < -0.3 is 14.8 Å². The lowest BCUT2D eigenvalue weighted by atomic mass is 10.00. The lowest BCUT2D eigenvalue weighted by Crippen LogP contribution is -2.28. The Morgan fingerprint density at radius 3 is 2.54 bits per heavy atom. The number of hydrogen-bond acceptors (Lipinski definition) is 3. The van der Waals surface area contributed by atoms with Gasteiger partial charge in [0.15, 0.2) is 12.2 Å². The van der Waals surface area contributed by atoms with Gasteiger partial charge in [0.25, 0.3) is 0 Å². The van der Waals surface area contributed by atoms with Gasteiger partial charge in [-0.05, 0) is 17.7 Å². The van der Waals surface area contributed by atoms with E-state index in [2.05, 4.69) is 26.2 Å². The maximum absolute atomic E-state index is 11.2. The van der Waals surface area contributed by atoms with Crippen LogP contribution in [0.25, 0.3) is 11.3 Å². The van der Waals surface area contributed by atoms with Crippen LogP contribution in [0.15, 0.2) is 69.9 Å². The quantitative estimate of drug-likeness (QED) is 0.669. The Labute approximate surface area is 147 Å². The van der Waals surface area contributed by atoms with E-state index in [0.29, 0.717) is 11.5 Å². The Morgan fingerprint density at radius 2 is 1.88 bits per heavy atom. The minimum atomic E-state index is -1.13. The highest BCUT2D eigenvalue weighted by molar-refractivity contribution is 9.10. The Kier molecular flexibility index (Phi) is 4.96. The molecule has 24 heavy (non-hydrogen) atoms. The van der Waals surface area contributed by atoms with Gasteiger partial charge in [0.1, 0.15) is 5.69 Å². The summed E-state index contributed by atoms with van der Waals surface area (Å²) < 4.78 is 6.46. The third-order valence-corrected chi connectivity index (χ3v) is 3.96. The molecule has 2 aromatic carbocycles. The van der Waals surface area contributed by atoms with E-state index in [1.54, 1.807) is 6.42 Å². The molecule has 0 bridgehead atoms. The smallest absolute Gasteiger partial charge is 0.405 e. The van der Waals surface area contributed by atoms with Gasteiger partial charge in [-0.3, -0.25) is 0 Å². The summed E-state index contributed by atoms with van der Waals surface area (Å²) in [6.45, 7) is 0. The maximum atomic E-state index is 11.2. The van der Waals surface area contributed by atoms with Crippen LogP contribution in [0.5, 0.6) is 0 Å². The lowest BCUT2D eigenvalue weighted by molar-refractivity contribution is 0.191. The first-order chi connectivity index (χ1) is 11.6. The van der Waals surface area contributed by atoms with E-state index >= 15 is 0 Å². The van der Waals surface area contributed by atoms with Gasteiger partial charge in [-0.1, -0.05) is 58.4 Å². The summed E-state index contributed by atoms with van der Waals surface area (Å²) in [5.41, 5.74) is 2.23. The first-order valence-corrected chi connectivity index (χ1v) is 8.01. The van der Waals surface area contributed by atoms with Crippen molar-refractivity contribution in [2.24, 2.45) is 0 Å². The first-order valence-electron chi connectivity index (χ1n) is 7.22. The second-order valence-electron chi connectivity index (χ2n) is 5.08. The predicted molar refractivity (Wildman–Crippen MR) is 93.4 cm³/mol. The molecule has 1 aromatic heterocycles. The maximum Gasteiger partial charge on any atom is 0.405 e. The average molecular weight is 386 g/mol. The standard InChI is InChI=1S/C18H14BrN2O3/c19-14-8-6-13(7-9-14)17-16(20-11-24-17)15(21-18(22)23)10-12-4-2-1-3-5-12/h1-11,15,21H,(H,22,23)/t15-/m1/s1. The molecule has 0 saturated heterocycles. The molecule has 0 saturated carbocycles. The van der Waals surface area contributed by atoms with Crippen LogP contribution in [0.1, 0.15) is 17.3 Å². The third-order valence-electron chi connectivity index (χ3n) is 3.43. The van der Waals surface area contributed by atoms with E-state index in [9.17, 15) is 4.79 Å². The number of carbonyl (C=O) groups is 1. The average Bonchev–Trinajstić information content (AvgIpc) is 3.05. The van der Waals surface area contributed by atoms with Gasteiger partial charge in [-0.15, -0.1) is 0 Å².